The number of para-hydroxylation sites is 4. The van der Waals surface area contributed by atoms with E-state index in [1.807, 2.05) is 12.1 Å². The molecule has 10 aromatic carbocycles. The van der Waals surface area contributed by atoms with Crippen molar-refractivity contribution in [1.29, 1.82) is 0 Å². The van der Waals surface area contributed by atoms with Gasteiger partial charge in [0.15, 0.2) is 11.5 Å². The van der Waals surface area contributed by atoms with Crippen LogP contribution in [0.2, 0.25) is 0 Å². The minimum Gasteiger partial charge on any atom is -0.455 e. The van der Waals surface area contributed by atoms with Gasteiger partial charge in [0.2, 0.25) is 0 Å². The highest BCUT2D eigenvalue weighted by atomic mass is 16.5. The number of furan rings is 1. The highest BCUT2D eigenvalue weighted by Crippen LogP contribution is 2.49. The Morgan fingerprint density at radius 2 is 1.05 bits per heavy atom. The molecule has 3 heterocycles. The van der Waals surface area contributed by atoms with Gasteiger partial charge in [-0.15, -0.1) is 0 Å². The summed E-state index contributed by atoms with van der Waals surface area (Å²) >= 11 is 0. The fourth-order valence-corrected chi connectivity index (χ4v) is 9.72. The van der Waals surface area contributed by atoms with Crippen molar-refractivity contribution in [3.05, 3.63) is 218 Å². The molecule has 0 radical (unpaired) electrons. The molecule has 0 spiro atoms. The van der Waals surface area contributed by atoms with Crippen LogP contribution in [0, 0.1) is 0 Å². The quantitative estimate of drug-likeness (QED) is 0.168. The summed E-state index contributed by atoms with van der Waals surface area (Å²) in [6.07, 6.45) is 0. The Hall–Kier alpha value is -8.34. The molecule has 290 valence electrons. The molecule has 0 bridgehead atoms. The lowest BCUT2D eigenvalue weighted by atomic mass is 9.98. The van der Waals surface area contributed by atoms with Gasteiger partial charge in [0.1, 0.15) is 11.2 Å². The Balaban J connectivity index is 1.00. The highest BCUT2D eigenvalue weighted by Gasteiger charge is 2.26. The normalized spacial score (nSPS) is 12.0. The molecule has 4 nitrogen and oxygen atoms in total. The standard InChI is InChI=1S/C58H36N2O2/c1-2-12-37(13-3-1)38-24-26-39(27-25-38)40-28-32-43(33-29-40)59(52-20-11-22-54-56(52)47-34-30-41-14-4-5-16-45(41)58(47)62-54)49-18-7-6-15-44(49)42-31-35-50-48(36-42)46-17-10-23-55-57(46)60(50)51-19-8-9-21-53(51)61-55/h1-36H. The molecule has 0 saturated heterocycles. The summed E-state index contributed by atoms with van der Waals surface area (Å²) in [5.74, 6) is 1.73. The Morgan fingerprint density at radius 1 is 0.403 bits per heavy atom. The molecule has 4 heteroatoms. The largest absolute Gasteiger partial charge is 0.455 e. The predicted molar refractivity (Wildman–Crippen MR) is 257 cm³/mol. The van der Waals surface area contributed by atoms with Gasteiger partial charge >= 0.3 is 0 Å². The Morgan fingerprint density at radius 3 is 1.90 bits per heavy atom. The van der Waals surface area contributed by atoms with Crippen LogP contribution in [0.3, 0.4) is 0 Å². The lowest BCUT2D eigenvalue weighted by molar-refractivity contribution is 0.476. The SMILES string of the molecule is c1ccc(-c2ccc(-c3ccc(N(c4ccccc4-c4ccc5c(c4)c4cccc6c4n5-c4ccccc4O6)c4cccc5oc6c7ccccc7ccc6c45)cc3)cc2)cc1. The van der Waals surface area contributed by atoms with E-state index in [9.17, 15) is 0 Å². The smallest absolute Gasteiger partial charge is 0.152 e. The second-order valence-corrected chi connectivity index (χ2v) is 16.0. The molecule has 2 aromatic heterocycles. The van der Waals surface area contributed by atoms with E-state index >= 15 is 0 Å². The first-order chi connectivity index (χ1) is 30.7. The molecule has 1 aliphatic rings. The third-order valence-corrected chi connectivity index (χ3v) is 12.6. The Labute approximate surface area is 357 Å². The third-order valence-electron chi connectivity index (χ3n) is 12.6. The van der Waals surface area contributed by atoms with Crippen molar-refractivity contribution < 1.29 is 9.15 Å². The molecule has 13 rings (SSSR count). The van der Waals surface area contributed by atoms with Crippen LogP contribution in [0.5, 0.6) is 11.5 Å². The number of aromatic nitrogens is 1. The zero-order valence-corrected chi connectivity index (χ0v) is 33.5. The van der Waals surface area contributed by atoms with Crippen molar-refractivity contribution in [2.45, 2.75) is 0 Å². The summed E-state index contributed by atoms with van der Waals surface area (Å²) in [7, 11) is 0. The number of nitrogens with zero attached hydrogens (tertiary/aromatic N) is 2. The van der Waals surface area contributed by atoms with Gasteiger partial charge in [-0.2, -0.15) is 0 Å². The van der Waals surface area contributed by atoms with Crippen LogP contribution in [0.4, 0.5) is 17.1 Å². The summed E-state index contributed by atoms with van der Waals surface area (Å²) in [6, 6.07) is 78.0. The molecule has 1 aliphatic heterocycles. The number of ether oxygens (including phenoxy) is 1. The van der Waals surface area contributed by atoms with Gasteiger partial charge in [0, 0.05) is 32.8 Å². The number of rotatable bonds is 6. The van der Waals surface area contributed by atoms with Gasteiger partial charge in [0.05, 0.1) is 33.5 Å². The van der Waals surface area contributed by atoms with Crippen molar-refractivity contribution in [2.75, 3.05) is 4.90 Å². The van der Waals surface area contributed by atoms with Crippen molar-refractivity contribution in [2.24, 2.45) is 0 Å². The van der Waals surface area contributed by atoms with E-state index < -0.39 is 0 Å². The first kappa shape index (κ1) is 34.5. The van der Waals surface area contributed by atoms with Crippen LogP contribution in [0.25, 0.3) is 93.6 Å². The van der Waals surface area contributed by atoms with E-state index in [2.05, 4.69) is 216 Å². The van der Waals surface area contributed by atoms with Gasteiger partial charge in [-0.25, -0.2) is 0 Å². The topological polar surface area (TPSA) is 30.5 Å². The number of hydrogen-bond donors (Lipinski definition) is 0. The molecule has 0 fully saturated rings. The average molecular weight is 793 g/mol. The maximum absolute atomic E-state index is 6.76. The molecule has 12 aromatic rings. The van der Waals surface area contributed by atoms with Crippen molar-refractivity contribution in [1.82, 2.24) is 4.57 Å². The summed E-state index contributed by atoms with van der Waals surface area (Å²) in [4.78, 5) is 2.41. The van der Waals surface area contributed by atoms with Crippen molar-refractivity contribution >= 4 is 71.6 Å². The van der Waals surface area contributed by atoms with Crippen molar-refractivity contribution in [3.63, 3.8) is 0 Å². The first-order valence-electron chi connectivity index (χ1n) is 21.1. The molecule has 0 amide bonds. The third kappa shape index (κ3) is 5.27. The lowest BCUT2D eigenvalue weighted by Gasteiger charge is -2.28. The Kier molecular flexibility index (Phi) is 7.57. The van der Waals surface area contributed by atoms with Crippen LogP contribution in [-0.2, 0) is 0 Å². The number of anilines is 3. The summed E-state index contributed by atoms with van der Waals surface area (Å²) in [6.45, 7) is 0. The van der Waals surface area contributed by atoms with Gasteiger partial charge in [0.25, 0.3) is 0 Å². The minimum atomic E-state index is 0.851. The summed E-state index contributed by atoms with van der Waals surface area (Å²) in [5.41, 5.74) is 15.2. The maximum atomic E-state index is 6.76. The monoisotopic (exact) mass is 792 g/mol. The van der Waals surface area contributed by atoms with E-state index in [-0.39, 0.29) is 0 Å². The van der Waals surface area contributed by atoms with E-state index in [0.29, 0.717) is 0 Å². The van der Waals surface area contributed by atoms with Gasteiger partial charge < -0.3 is 18.6 Å². The molecule has 62 heavy (non-hydrogen) atoms. The summed E-state index contributed by atoms with van der Waals surface area (Å²) in [5, 5.41) is 6.77. The number of fused-ring (bicyclic) bond motifs is 10. The summed E-state index contributed by atoms with van der Waals surface area (Å²) < 4.78 is 15.6. The maximum Gasteiger partial charge on any atom is 0.152 e. The first-order valence-corrected chi connectivity index (χ1v) is 21.1. The van der Waals surface area contributed by atoms with E-state index in [1.54, 1.807) is 0 Å². The molecular formula is C58H36N2O2. The minimum absolute atomic E-state index is 0.851. The fourth-order valence-electron chi connectivity index (χ4n) is 9.72. The van der Waals surface area contributed by atoms with Crippen LogP contribution in [0.15, 0.2) is 223 Å². The van der Waals surface area contributed by atoms with Crippen LogP contribution in [-0.4, -0.2) is 4.57 Å². The van der Waals surface area contributed by atoms with Crippen LogP contribution >= 0.6 is 0 Å². The van der Waals surface area contributed by atoms with Crippen molar-refractivity contribution in [3.8, 4) is 50.6 Å². The van der Waals surface area contributed by atoms with E-state index in [1.165, 1.54) is 22.1 Å². The Bertz CT molecular complexity index is 3710. The zero-order valence-electron chi connectivity index (χ0n) is 33.5. The number of hydrogen-bond acceptors (Lipinski definition) is 3. The second-order valence-electron chi connectivity index (χ2n) is 16.0. The fraction of sp³-hybridized carbons (Fsp3) is 0. The molecule has 0 N–H and O–H groups in total. The van der Waals surface area contributed by atoms with Gasteiger partial charge in [-0.3, -0.25) is 0 Å². The van der Waals surface area contributed by atoms with E-state index in [4.69, 9.17) is 9.15 Å². The zero-order chi connectivity index (χ0) is 40.7. The average Bonchev–Trinajstić information content (AvgIpc) is 3.90. The van der Waals surface area contributed by atoms with Crippen LogP contribution < -0.4 is 9.64 Å². The van der Waals surface area contributed by atoms with Gasteiger partial charge in [-0.1, -0.05) is 152 Å². The van der Waals surface area contributed by atoms with E-state index in [0.717, 1.165) is 100 Å². The molecule has 0 aliphatic carbocycles. The van der Waals surface area contributed by atoms with Crippen LogP contribution in [0.1, 0.15) is 0 Å². The predicted octanol–water partition coefficient (Wildman–Crippen LogP) is 16.4. The highest BCUT2D eigenvalue weighted by molar-refractivity contribution is 6.20. The van der Waals surface area contributed by atoms with Gasteiger partial charge in [-0.05, 0) is 99.9 Å². The lowest BCUT2D eigenvalue weighted by Crippen LogP contribution is -2.11. The molecular weight excluding hydrogens is 757 g/mol. The number of benzene rings is 10. The molecule has 0 saturated carbocycles. The second kappa shape index (κ2) is 13.6. The molecule has 0 unspecified atom stereocenters. The molecule has 0 atom stereocenters.